The third-order valence-electron chi connectivity index (χ3n) is 4.04. The average molecular weight is 487 g/mol. The molecule has 8 bridgehead atoms. The number of fused-ring (bicyclic) bond motifs is 8. The van der Waals surface area contributed by atoms with Crippen molar-refractivity contribution in [2.45, 2.75) is 0 Å². The molecule has 5 heterocycles. The first-order valence-corrected chi connectivity index (χ1v) is 8.29. The van der Waals surface area contributed by atoms with Crippen molar-refractivity contribution in [3.63, 3.8) is 0 Å². The Morgan fingerprint density at radius 2 is 0.800 bits per heavy atom. The second-order valence-electron chi connectivity index (χ2n) is 5.91. The first-order chi connectivity index (χ1) is 12.8. The minimum absolute atomic E-state index is 0. The van der Waals surface area contributed by atoms with Crippen LogP contribution in [-0.4, -0.2) is 69.9 Å². The van der Waals surface area contributed by atoms with Gasteiger partial charge < -0.3 is 39.9 Å². The largest absolute Gasteiger partial charge is 2.00 e. The van der Waals surface area contributed by atoms with Gasteiger partial charge in [-0.25, -0.2) is 9.97 Å². The summed E-state index contributed by atoms with van der Waals surface area (Å²) in [6, 6.07) is 16.4. The van der Waals surface area contributed by atoms with Crippen molar-refractivity contribution in [1.29, 1.82) is 0 Å². The zero-order valence-electron chi connectivity index (χ0n) is 16.4. The smallest absolute Gasteiger partial charge is 1.00 e. The Morgan fingerprint density at radius 3 is 1.03 bits per heavy atom. The van der Waals surface area contributed by atoms with Gasteiger partial charge in [0.2, 0.25) is 0 Å². The normalized spacial score (nSPS) is 10.3. The number of aliphatic hydroxyl groups is 1. The summed E-state index contributed by atoms with van der Waals surface area (Å²) in [5.74, 6) is 0. The number of hydrogen-bond acceptors (Lipinski definition) is 3. The van der Waals surface area contributed by atoms with Crippen LogP contribution in [0.15, 0.2) is 48.5 Å². The van der Waals surface area contributed by atoms with Crippen LogP contribution in [0.1, 0.15) is 22.8 Å². The van der Waals surface area contributed by atoms with Crippen LogP contribution in [0.2, 0.25) is 0 Å². The van der Waals surface area contributed by atoms with Crippen molar-refractivity contribution < 1.29 is 29.9 Å². The molecule has 3 aromatic heterocycles. The van der Waals surface area contributed by atoms with E-state index in [-0.39, 0.29) is 72.5 Å². The predicted molar refractivity (Wildman–Crippen MR) is 124 cm³/mol. The Balaban J connectivity index is 0.00000136. The summed E-state index contributed by atoms with van der Waals surface area (Å²) in [4.78, 5) is 16.0. The van der Waals surface area contributed by atoms with Gasteiger partial charge >= 0.3 is 37.7 Å². The van der Waals surface area contributed by atoms with Crippen LogP contribution < -0.4 is 24.8 Å². The molecular weight excluding hydrogens is 466 g/mol. The van der Waals surface area contributed by atoms with Crippen LogP contribution in [0.25, 0.3) is 46.4 Å². The first-order valence-electron chi connectivity index (χ1n) is 8.29. The number of nitrogens with one attached hydrogen (secondary N) is 2. The molecule has 0 saturated carbocycles. The molecule has 0 aliphatic carbocycles. The molecule has 1 atom stereocenters. The molecule has 0 saturated heterocycles. The van der Waals surface area contributed by atoms with Crippen LogP contribution in [0.4, 0.5) is 0 Å². The first kappa shape index (κ1) is 28.8. The van der Waals surface area contributed by atoms with Gasteiger partial charge in [-0.15, -0.1) is 0 Å². The molecule has 2 aliphatic rings. The second kappa shape index (κ2) is 13.3. The molecule has 3 aromatic rings. The van der Waals surface area contributed by atoms with Gasteiger partial charge in [0.1, 0.15) is 0 Å². The van der Waals surface area contributed by atoms with Gasteiger partial charge in [-0.1, -0.05) is 0 Å². The van der Waals surface area contributed by atoms with Crippen molar-refractivity contribution in [1.82, 2.24) is 19.9 Å². The number of hydrogen-bond donors (Lipinski definition) is 3. The molecule has 2 aliphatic heterocycles. The van der Waals surface area contributed by atoms with Gasteiger partial charge in [-0.3, -0.25) is 0 Å². The fraction of sp³-hybridized carbons (Fsp3) is 0.0476. The maximum absolute atomic E-state index is 7.00. The van der Waals surface area contributed by atoms with Crippen molar-refractivity contribution in [3.8, 4) is 0 Å². The van der Waals surface area contributed by atoms with E-state index in [1.165, 1.54) is 0 Å². The van der Waals surface area contributed by atoms with E-state index in [1.54, 1.807) is 0 Å². The summed E-state index contributed by atoms with van der Waals surface area (Å²) in [6.45, 7) is 0. The third-order valence-corrected chi connectivity index (χ3v) is 4.04. The van der Waals surface area contributed by atoms with Crippen molar-refractivity contribution in [3.05, 3.63) is 71.3 Å². The molecule has 0 amide bonds. The Kier molecular flexibility index (Phi) is 12.8. The second-order valence-corrected chi connectivity index (χ2v) is 5.91. The summed E-state index contributed by atoms with van der Waals surface area (Å²) in [5.41, 5.74) is 7.86. The molecular formula is C21H21CaCl2N4OP. The van der Waals surface area contributed by atoms with E-state index in [0.29, 0.717) is 0 Å². The standard InChI is InChI=1S/C20H14N4.CH4O.Ca.2ClH.H3P/c1-2-14-10-16-5-6-18(23-16)12-20-8-7-19(24-20)11-17-4-3-15(22-17)9-13(1)21-14;1-2;;;;/h1-12,21,24H;2H,1H3;;2*1H;1H3/q;;+2;;;/p-2. The fourth-order valence-electron chi connectivity index (χ4n) is 2.94. The predicted octanol–water partition coefficient (Wildman–Crippen LogP) is -2.05. The number of aromatic amines is 2. The van der Waals surface area contributed by atoms with Crippen molar-refractivity contribution >= 4 is 94.0 Å². The summed E-state index contributed by atoms with van der Waals surface area (Å²) in [5, 5.41) is 7.00. The molecule has 9 heteroatoms. The average Bonchev–Trinajstić information content (AvgIpc) is 3.42. The molecule has 0 aromatic carbocycles. The number of halogens is 2. The molecule has 0 spiro atoms. The van der Waals surface area contributed by atoms with E-state index in [0.717, 1.165) is 52.0 Å². The number of H-pyrrole nitrogens is 2. The van der Waals surface area contributed by atoms with Gasteiger partial charge in [0.25, 0.3) is 0 Å². The number of aliphatic hydroxyl groups excluding tert-OH is 1. The molecule has 152 valence electrons. The molecule has 30 heavy (non-hydrogen) atoms. The molecule has 5 rings (SSSR count). The molecule has 1 unspecified atom stereocenters. The quantitative estimate of drug-likeness (QED) is 0.174. The van der Waals surface area contributed by atoms with Crippen LogP contribution in [0, 0.1) is 0 Å². The Bertz CT molecular complexity index is 1010. The summed E-state index contributed by atoms with van der Waals surface area (Å²) >= 11 is 0. The van der Waals surface area contributed by atoms with Gasteiger partial charge in [0, 0.05) is 29.2 Å². The van der Waals surface area contributed by atoms with Crippen molar-refractivity contribution in [2.75, 3.05) is 7.11 Å². The Labute approximate surface area is 220 Å². The van der Waals surface area contributed by atoms with Gasteiger partial charge in [0.05, 0.1) is 22.8 Å². The summed E-state index contributed by atoms with van der Waals surface area (Å²) in [7, 11) is 1.00. The zero-order chi connectivity index (χ0) is 17.9. The van der Waals surface area contributed by atoms with E-state index in [9.17, 15) is 0 Å². The maximum atomic E-state index is 7.00. The van der Waals surface area contributed by atoms with Crippen LogP contribution in [0.5, 0.6) is 0 Å². The topological polar surface area (TPSA) is 77.6 Å². The van der Waals surface area contributed by atoms with Gasteiger partial charge in [0.15, 0.2) is 0 Å². The number of nitrogens with zero attached hydrogens (tertiary/aromatic N) is 2. The van der Waals surface area contributed by atoms with E-state index < -0.39 is 0 Å². The minimum atomic E-state index is 0. The molecule has 0 radical (unpaired) electrons. The third kappa shape index (κ3) is 6.93. The Hall–Kier alpha value is -1.17. The molecule has 0 fully saturated rings. The van der Waals surface area contributed by atoms with Gasteiger partial charge in [-0.2, -0.15) is 9.90 Å². The van der Waals surface area contributed by atoms with Crippen LogP contribution in [-0.2, 0) is 0 Å². The van der Waals surface area contributed by atoms with E-state index in [2.05, 4.69) is 44.2 Å². The number of aromatic nitrogens is 4. The number of rotatable bonds is 0. The Morgan fingerprint density at radius 1 is 0.567 bits per heavy atom. The zero-order valence-corrected chi connectivity index (χ0v) is 21.6. The molecule has 5 nitrogen and oxygen atoms in total. The van der Waals surface area contributed by atoms with E-state index in [4.69, 9.17) is 5.11 Å². The minimum Gasteiger partial charge on any atom is -1.00 e. The van der Waals surface area contributed by atoms with E-state index >= 15 is 0 Å². The maximum Gasteiger partial charge on any atom is 2.00 e. The molecule has 3 N–H and O–H groups in total. The fourth-order valence-corrected chi connectivity index (χ4v) is 2.94. The van der Waals surface area contributed by atoms with Crippen LogP contribution >= 0.6 is 9.90 Å². The summed E-state index contributed by atoms with van der Waals surface area (Å²) < 4.78 is 0. The van der Waals surface area contributed by atoms with E-state index in [1.807, 2.05) is 48.6 Å². The van der Waals surface area contributed by atoms with Crippen molar-refractivity contribution in [2.24, 2.45) is 0 Å². The summed E-state index contributed by atoms with van der Waals surface area (Å²) in [6.07, 6.45) is 8.09. The monoisotopic (exact) mass is 486 g/mol. The SMILES string of the molecule is C1=Cc2cc3ccc(cc4nc(cc5ccc(cc1n2)[nH]5)C=C4)[nH]3.CO.P.[Ca+2].[Cl-].[Cl-]. The van der Waals surface area contributed by atoms with Crippen LogP contribution in [0.3, 0.4) is 0 Å². The van der Waals surface area contributed by atoms with Gasteiger partial charge in [-0.05, 0) is 72.8 Å².